The third-order valence-electron chi connectivity index (χ3n) is 3.27. The molecule has 2 heterocycles. The van der Waals surface area contributed by atoms with Gasteiger partial charge in [0.2, 0.25) is 0 Å². The predicted octanol–water partition coefficient (Wildman–Crippen LogP) is 3.44. The molecule has 0 radical (unpaired) electrons. The summed E-state index contributed by atoms with van der Waals surface area (Å²) in [5, 5.41) is 7.19. The molecule has 0 amide bonds. The summed E-state index contributed by atoms with van der Waals surface area (Å²) in [5.41, 5.74) is 0.996. The molecular formula is C13H18N4S. The molecule has 0 unspecified atom stereocenters. The average molecular weight is 262 g/mol. The molecule has 0 fully saturated rings. The molecule has 0 spiro atoms. The van der Waals surface area contributed by atoms with Crippen LogP contribution in [0, 0.1) is 10.7 Å². The minimum absolute atomic E-state index is 0.629. The molecular weight excluding hydrogens is 244 g/mol. The molecule has 0 aromatic carbocycles. The number of rotatable bonds is 5. The SMILES string of the molecule is CCC(CC)Cn1c(-c2cccnc2)n[nH]c1=S. The Balaban J connectivity index is 2.36. The van der Waals surface area contributed by atoms with E-state index < -0.39 is 0 Å². The van der Waals surface area contributed by atoms with E-state index in [9.17, 15) is 0 Å². The zero-order chi connectivity index (χ0) is 13.0. The van der Waals surface area contributed by atoms with Crippen molar-refractivity contribution in [2.24, 2.45) is 5.92 Å². The van der Waals surface area contributed by atoms with E-state index in [1.165, 1.54) is 0 Å². The maximum Gasteiger partial charge on any atom is 0.195 e. The van der Waals surface area contributed by atoms with Crippen LogP contribution < -0.4 is 0 Å². The Morgan fingerprint density at radius 2 is 2.17 bits per heavy atom. The molecule has 0 aliphatic heterocycles. The lowest BCUT2D eigenvalue weighted by atomic mass is 10.0. The molecule has 0 aliphatic rings. The molecule has 0 aliphatic carbocycles. The van der Waals surface area contributed by atoms with E-state index in [1.807, 2.05) is 18.3 Å². The maximum atomic E-state index is 5.31. The number of aromatic amines is 1. The Morgan fingerprint density at radius 3 is 2.78 bits per heavy atom. The van der Waals surface area contributed by atoms with Crippen LogP contribution >= 0.6 is 12.2 Å². The van der Waals surface area contributed by atoms with Crippen LogP contribution in [0.4, 0.5) is 0 Å². The summed E-state index contributed by atoms with van der Waals surface area (Å²) < 4.78 is 2.75. The van der Waals surface area contributed by atoms with Crippen LogP contribution in [0.15, 0.2) is 24.5 Å². The van der Waals surface area contributed by atoms with Crippen molar-refractivity contribution in [1.29, 1.82) is 0 Å². The first-order valence-corrected chi connectivity index (χ1v) is 6.72. The van der Waals surface area contributed by atoms with Crippen LogP contribution in [0.2, 0.25) is 0 Å². The topological polar surface area (TPSA) is 46.5 Å². The van der Waals surface area contributed by atoms with Crippen molar-refractivity contribution in [1.82, 2.24) is 19.7 Å². The van der Waals surface area contributed by atoms with Crippen molar-refractivity contribution in [2.75, 3.05) is 0 Å². The normalized spacial score (nSPS) is 11.1. The molecule has 0 saturated heterocycles. The Hall–Kier alpha value is -1.49. The molecule has 18 heavy (non-hydrogen) atoms. The highest BCUT2D eigenvalue weighted by atomic mass is 32.1. The monoisotopic (exact) mass is 262 g/mol. The van der Waals surface area contributed by atoms with Gasteiger partial charge in [0.25, 0.3) is 0 Å². The Labute approximate surface area is 112 Å². The molecule has 2 aromatic heterocycles. The standard InChI is InChI=1S/C13H18N4S/c1-3-10(4-2)9-17-12(15-16-13(17)18)11-6-5-7-14-8-11/h5-8,10H,3-4,9H2,1-2H3,(H,16,18). The molecule has 5 heteroatoms. The number of hydrogen-bond donors (Lipinski definition) is 1. The van der Waals surface area contributed by atoms with E-state index in [2.05, 4.69) is 33.6 Å². The minimum atomic E-state index is 0.629. The van der Waals surface area contributed by atoms with Crippen molar-refractivity contribution in [2.45, 2.75) is 33.2 Å². The van der Waals surface area contributed by atoms with Gasteiger partial charge in [-0.05, 0) is 30.3 Å². The zero-order valence-electron chi connectivity index (χ0n) is 10.8. The van der Waals surface area contributed by atoms with Gasteiger partial charge in [-0.25, -0.2) is 0 Å². The molecule has 4 nitrogen and oxygen atoms in total. The summed E-state index contributed by atoms with van der Waals surface area (Å²) in [7, 11) is 0. The summed E-state index contributed by atoms with van der Waals surface area (Å²) in [4.78, 5) is 4.13. The highest BCUT2D eigenvalue weighted by Crippen LogP contribution is 2.19. The molecule has 96 valence electrons. The van der Waals surface area contributed by atoms with Crippen LogP contribution in [0.25, 0.3) is 11.4 Å². The van der Waals surface area contributed by atoms with Crippen molar-refractivity contribution in [3.8, 4) is 11.4 Å². The van der Waals surface area contributed by atoms with Gasteiger partial charge in [0.1, 0.15) is 0 Å². The molecule has 0 saturated carbocycles. The number of pyridine rings is 1. The Kier molecular flexibility index (Phi) is 4.25. The summed E-state index contributed by atoms with van der Waals surface area (Å²) in [5.74, 6) is 1.50. The van der Waals surface area contributed by atoms with Crippen LogP contribution in [-0.2, 0) is 6.54 Å². The molecule has 2 aromatic rings. The van der Waals surface area contributed by atoms with E-state index in [0.717, 1.165) is 30.8 Å². The van der Waals surface area contributed by atoms with E-state index in [-0.39, 0.29) is 0 Å². The fourth-order valence-electron chi connectivity index (χ4n) is 2.01. The van der Waals surface area contributed by atoms with Gasteiger partial charge in [-0.3, -0.25) is 14.6 Å². The summed E-state index contributed by atoms with van der Waals surface area (Å²) >= 11 is 5.31. The quantitative estimate of drug-likeness (QED) is 0.840. The van der Waals surface area contributed by atoms with Crippen LogP contribution in [0.1, 0.15) is 26.7 Å². The van der Waals surface area contributed by atoms with Crippen LogP contribution in [-0.4, -0.2) is 19.7 Å². The average Bonchev–Trinajstić information content (AvgIpc) is 2.78. The fraction of sp³-hybridized carbons (Fsp3) is 0.462. The number of aromatic nitrogens is 4. The minimum Gasteiger partial charge on any atom is -0.300 e. The van der Waals surface area contributed by atoms with Crippen LogP contribution in [0.3, 0.4) is 0 Å². The summed E-state index contributed by atoms with van der Waals surface area (Å²) in [6.45, 7) is 5.33. The van der Waals surface area contributed by atoms with Crippen molar-refractivity contribution in [3.63, 3.8) is 0 Å². The second-order valence-corrected chi connectivity index (χ2v) is 4.77. The van der Waals surface area contributed by atoms with Gasteiger partial charge >= 0.3 is 0 Å². The smallest absolute Gasteiger partial charge is 0.195 e. The highest BCUT2D eigenvalue weighted by Gasteiger charge is 2.12. The van der Waals surface area contributed by atoms with E-state index in [4.69, 9.17) is 12.2 Å². The first-order chi connectivity index (χ1) is 8.76. The van der Waals surface area contributed by atoms with Gasteiger partial charge in [0.15, 0.2) is 10.6 Å². The number of nitrogens with one attached hydrogen (secondary N) is 1. The third-order valence-corrected chi connectivity index (χ3v) is 3.59. The second kappa shape index (κ2) is 5.91. The lowest BCUT2D eigenvalue weighted by Gasteiger charge is -2.14. The molecule has 0 atom stereocenters. The number of hydrogen-bond acceptors (Lipinski definition) is 3. The Bertz CT molecular complexity index is 540. The lowest BCUT2D eigenvalue weighted by Crippen LogP contribution is -2.10. The second-order valence-electron chi connectivity index (χ2n) is 4.39. The van der Waals surface area contributed by atoms with E-state index in [1.54, 1.807) is 6.20 Å². The van der Waals surface area contributed by atoms with E-state index >= 15 is 0 Å². The Morgan fingerprint density at radius 1 is 1.39 bits per heavy atom. The summed E-state index contributed by atoms with van der Waals surface area (Å²) in [6.07, 6.45) is 5.87. The highest BCUT2D eigenvalue weighted by molar-refractivity contribution is 7.71. The summed E-state index contributed by atoms with van der Waals surface area (Å²) in [6, 6.07) is 3.91. The molecule has 1 N–H and O–H groups in total. The fourth-order valence-corrected chi connectivity index (χ4v) is 2.21. The van der Waals surface area contributed by atoms with Crippen molar-refractivity contribution in [3.05, 3.63) is 29.3 Å². The largest absolute Gasteiger partial charge is 0.300 e. The van der Waals surface area contributed by atoms with Crippen LogP contribution in [0.5, 0.6) is 0 Å². The van der Waals surface area contributed by atoms with Gasteiger partial charge in [-0.1, -0.05) is 26.7 Å². The van der Waals surface area contributed by atoms with Gasteiger partial charge in [-0.15, -0.1) is 0 Å². The first kappa shape index (κ1) is 13.0. The van der Waals surface area contributed by atoms with Gasteiger partial charge in [-0.2, -0.15) is 5.10 Å². The van der Waals surface area contributed by atoms with E-state index in [0.29, 0.717) is 10.7 Å². The maximum absolute atomic E-state index is 5.31. The predicted molar refractivity (Wildman–Crippen MR) is 74.7 cm³/mol. The molecule has 0 bridgehead atoms. The van der Waals surface area contributed by atoms with Gasteiger partial charge in [0, 0.05) is 24.5 Å². The third kappa shape index (κ3) is 2.67. The number of H-pyrrole nitrogens is 1. The van der Waals surface area contributed by atoms with Crippen molar-refractivity contribution >= 4 is 12.2 Å². The lowest BCUT2D eigenvalue weighted by molar-refractivity contribution is 0.418. The number of nitrogens with zero attached hydrogens (tertiary/aromatic N) is 3. The van der Waals surface area contributed by atoms with Gasteiger partial charge < -0.3 is 0 Å². The van der Waals surface area contributed by atoms with Gasteiger partial charge in [0.05, 0.1) is 0 Å². The molecule has 2 rings (SSSR count). The zero-order valence-corrected chi connectivity index (χ0v) is 11.6. The first-order valence-electron chi connectivity index (χ1n) is 6.31. The van der Waals surface area contributed by atoms with Crippen molar-refractivity contribution < 1.29 is 0 Å².